The highest BCUT2D eigenvalue weighted by atomic mass is 16.7. The first-order chi connectivity index (χ1) is 5.17. The number of aliphatic hydroxyl groups excluding tert-OH is 2. The molecule has 0 aliphatic carbocycles. The first kappa shape index (κ1) is 10.8. The summed E-state index contributed by atoms with van der Waals surface area (Å²) in [6.45, 7) is 0. The molecule has 68 valence electrons. The van der Waals surface area contributed by atoms with Crippen LogP contribution in [0.25, 0.3) is 0 Å². The van der Waals surface area contributed by atoms with Crippen LogP contribution < -0.4 is 5.48 Å². The molecule has 0 bridgehead atoms. The van der Waals surface area contributed by atoms with Gasteiger partial charge in [0.25, 0.3) is 0 Å². The van der Waals surface area contributed by atoms with Crippen molar-refractivity contribution in [1.29, 1.82) is 0 Å². The molecule has 0 fully saturated rings. The van der Waals surface area contributed by atoms with Crippen molar-refractivity contribution in [3.05, 3.63) is 0 Å². The number of hydroxylamine groups is 1. The van der Waals surface area contributed by atoms with Crippen molar-refractivity contribution in [2.75, 3.05) is 14.2 Å². The van der Waals surface area contributed by atoms with Gasteiger partial charge in [0, 0.05) is 14.2 Å². The summed E-state index contributed by atoms with van der Waals surface area (Å²) in [6, 6.07) is 0. The molecule has 0 spiro atoms. The Bertz CT molecular complexity index is 96.9. The summed E-state index contributed by atoms with van der Waals surface area (Å²) >= 11 is 0. The molecule has 4 N–H and O–H groups in total. The Hall–Kier alpha value is -0.240. The van der Waals surface area contributed by atoms with E-state index in [0.717, 1.165) is 0 Å². The molecule has 0 aliphatic rings. The van der Waals surface area contributed by atoms with Gasteiger partial charge in [0.2, 0.25) is 0 Å². The molecule has 0 heterocycles. The summed E-state index contributed by atoms with van der Waals surface area (Å²) in [6.07, 6.45) is -3.79. The molecular formula is C5H13NO5. The van der Waals surface area contributed by atoms with Crippen molar-refractivity contribution in [2.24, 2.45) is 0 Å². The average molecular weight is 167 g/mol. The zero-order valence-corrected chi connectivity index (χ0v) is 6.39. The number of nitrogens with one attached hydrogen (secondary N) is 1. The molecule has 0 amide bonds. The number of hydrogen-bond acceptors (Lipinski definition) is 6. The van der Waals surface area contributed by atoms with Gasteiger partial charge in [-0.15, -0.1) is 0 Å². The zero-order chi connectivity index (χ0) is 8.85. The molecule has 0 aromatic heterocycles. The van der Waals surface area contributed by atoms with Crippen molar-refractivity contribution >= 4 is 0 Å². The summed E-state index contributed by atoms with van der Waals surface area (Å²) in [5, 5.41) is 26.0. The van der Waals surface area contributed by atoms with Crippen LogP contribution in [-0.4, -0.2) is 48.3 Å². The number of hydrogen-bond donors (Lipinski definition) is 4. The molecule has 0 saturated carbocycles. The Morgan fingerprint density at radius 1 is 1.18 bits per heavy atom. The Morgan fingerprint density at radius 2 is 1.64 bits per heavy atom. The van der Waals surface area contributed by atoms with Crippen LogP contribution in [-0.2, 0) is 9.47 Å². The maximum atomic E-state index is 9.05. The molecule has 0 rings (SSSR count). The van der Waals surface area contributed by atoms with Gasteiger partial charge < -0.3 is 24.9 Å². The lowest BCUT2D eigenvalue weighted by Gasteiger charge is -2.22. The van der Waals surface area contributed by atoms with Crippen molar-refractivity contribution in [3.8, 4) is 0 Å². The minimum absolute atomic E-state index is 0.968. The maximum Gasteiger partial charge on any atom is 0.186 e. The monoisotopic (exact) mass is 167 g/mol. The van der Waals surface area contributed by atoms with E-state index >= 15 is 0 Å². The zero-order valence-electron chi connectivity index (χ0n) is 6.39. The molecule has 2 unspecified atom stereocenters. The minimum atomic E-state index is -1.49. The van der Waals surface area contributed by atoms with Crippen LogP contribution in [0.5, 0.6) is 0 Å². The van der Waals surface area contributed by atoms with Gasteiger partial charge in [0.15, 0.2) is 12.5 Å². The Kier molecular flexibility index (Phi) is 5.30. The van der Waals surface area contributed by atoms with Crippen LogP contribution in [0, 0.1) is 0 Å². The third-order valence-corrected chi connectivity index (χ3v) is 1.20. The largest absolute Gasteiger partial charge is 0.384 e. The third-order valence-electron chi connectivity index (χ3n) is 1.20. The van der Waals surface area contributed by atoms with Gasteiger partial charge in [-0.3, -0.25) is 0 Å². The third kappa shape index (κ3) is 3.10. The summed E-state index contributed by atoms with van der Waals surface area (Å²) in [5.74, 6) is 0. The smallest absolute Gasteiger partial charge is 0.186 e. The van der Waals surface area contributed by atoms with E-state index in [2.05, 4.69) is 9.47 Å². The predicted molar refractivity (Wildman–Crippen MR) is 34.7 cm³/mol. The van der Waals surface area contributed by atoms with E-state index in [1.54, 1.807) is 0 Å². The van der Waals surface area contributed by atoms with Gasteiger partial charge >= 0.3 is 0 Å². The van der Waals surface area contributed by atoms with Crippen LogP contribution in [0.3, 0.4) is 0 Å². The summed E-state index contributed by atoms with van der Waals surface area (Å²) < 4.78 is 9.20. The molecular weight excluding hydrogens is 154 g/mol. The van der Waals surface area contributed by atoms with E-state index in [1.165, 1.54) is 19.7 Å². The van der Waals surface area contributed by atoms with Gasteiger partial charge in [-0.05, 0) is 0 Å². The lowest BCUT2D eigenvalue weighted by atomic mass is 10.3. The molecule has 11 heavy (non-hydrogen) atoms. The highest BCUT2D eigenvalue weighted by Gasteiger charge is 2.25. The minimum Gasteiger partial charge on any atom is -0.384 e. The second-order valence-corrected chi connectivity index (χ2v) is 1.90. The normalized spacial score (nSPS) is 16.9. The fourth-order valence-corrected chi connectivity index (χ4v) is 0.600. The fraction of sp³-hybridized carbons (Fsp3) is 1.00. The summed E-state index contributed by atoms with van der Waals surface area (Å²) in [4.78, 5) is 0. The van der Waals surface area contributed by atoms with E-state index in [-0.39, 0.29) is 0 Å². The highest BCUT2D eigenvalue weighted by molar-refractivity contribution is 4.64. The van der Waals surface area contributed by atoms with Crippen LogP contribution >= 0.6 is 0 Å². The fourth-order valence-electron chi connectivity index (χ4n) is 0.600. The van der Waals surface area contributed by atoms with Crippen molar-refractivity contribution in [1.82, 2.24) is 5.48 Å². The second kappa shape index (κ2) is 5.42. The summed E-state index contributed by atoms with van der Waals surface area (Å²) in [7, 11) is 2.61. The first-order valence-electron chi connectivity index (χ1n) is 2.98. The molecule has 0 radical (unpaired) electrons. The van der Waals surface area contributed by atoms with Crippen LogP contribution in [0.2, 0.25) is 0 Å². The van der Waals surface area contributed by atoms with Crippen LogP contribution in [0.15, 0.2) is 0 Å². The number of methoxy groups -OCH3 is 2. The number of aliphatic hydroxyl groups is 2. The SMILES string of the molecule is COC(OC)C(O)C(O)NO. The van der Waals surface area contributed by atoms with Gasteiger partial charge in [-0.25, -0.2) is 0 Å². The van der Waals surface area contributed by atoms with Gasteiger partial charge in [0.1, 0.15) is 6.10 Å². The maximum absolute atomic E-state index is 9.05. The molecule has 2 atom stereocenters. The lowest BCUT2D eigenvalue weighted by molar-refractivity contribution is -0.208. The second-order valence-electron chi connectivity index (χ2n) is 1.90. The number of ether oxygens (including phenoxy) is 2. The van der Waals surface area contributed by atoms with Crippen molar-refractivity contribution in [2.45, 2.75) is 18.6 Å². The Morgan fingerprint density at radius 3 is 1.91 bits per heavy atom. The predicted octanol–water partition coefficient (Wildman–Crippen LogP) is -1.74. The first-order valence-corrected chi connectivity index (χ1v) is 2.98. The van der Waals surface area contributed by atoms with E-state index in [4.69, 9.17) is 15.4 Å². The lowest BCUT2D eigenvalue weighted by Crippen LogP contribution is -2.46. The van der Waals surface area contributed by atoms with Gasteiger partial charge in [0.05, 0.1) is 0 Å². The van der Waals surface area contributed by atoms with Crippen molar-refractivity contribution < 1.29 is 24.9 Å². The summed E-state index contributed by atoms with van der Waals surface area (Å²) in [5.41, 5.74) is 1.46. The van der Waals surface area contributed by atoms with Gasteiger partial charge in [-0.1, -0.05) is 0 Å². The molecule has 0 aliphatic heterocycles. The van der Waals surface area contributed by atoms with E-state index in [1.807, 2.05) is 0 Å². The molecule has 6 nitrogen and oxygen atoms in total. The van der Waals surface area contributed by atoms with Crippen LogP contribution in [0.1, 0.15) is 0 Å². The van der Waals surface area contributed by atoms with E-state index in [0.29, 0.717) is 0 Å². The quantitative estimate of drug-likeness (QED) is 0.287. The van der Waals surface area contributed by atoms with E-state index < -0.39 is 18.6 Å². The van der Waals surface area contributed by atoms with Gasteiger partial charge in [-0.2, -0.15) is 5.48 Å². The Balaban J connectivity index is 3.86. The average Bonchev–Trinajstić information content (AvgIpc) is 2.05. The van der Waals surface area contributed by atoms with Crippen molar-refractivity contribution in [3.63, 3.8) is 0 Å². The van der Waals surface area contributed by atoms with Crippen LogP contribution in [0.4, 0.5) is 0 Å². The molecule has 0 aromatic rings. The Labute approximate surface area is 64.3 Å². The van der Waals surface area contributed by atoms with E-state index in [9.17, 15) is 0 Å². The molecule has 0 saturated heterocycles. The highest BCUT2D eigenvalue weighted by Crippen LogP contribution is 2.01. The molecule has 6 heteroatoms. The standard InChI is InChI=1S/C5H13NO5/c1-10-5(11-2)3(7)4(8)6-9/h3-9H,1-2H3. The number of rotatable bonds is 5. The topological polar surface area (TPSA) is 91.2 Å². The molecule has 0 aromatic carbocycles.